The largest absolute Gasteiger partial charge is 0.481 e. The molecule has 0 saturated carbocycles. The number of rotatable bonds is 4. The van der Waals surface area contributed by atoms with Gasteiger partial charge in [-0.1, -0.05) is 17.7 Å². The van der Waals surface area contributed by atoms with Crippen LogP contribution in [0.5, 0.6) is 0 Å². The molecule has 0 aliphatic carbocycles. The molecule has 1 aromatic carbocycles. The van der Waals surface area contributed by atoms with Crippen molar-refractivity contribution in [2.24, 2.45) is 0 Å². The van der Waals surface area contributed by atoms with Gasteiger partial charge in [0, 0.05) is 23.7 Å². The molecule has 0 aromatic heterocycles. The second kappa shape index (κ2) is 6.52. The molecule has 1 aliphatic rings. The highest BCUT2D eigenvalue weighted by atomic mass is 35.5. The Labute approximate surface area is 122 Å². The number of carboxylic acid groups (broad SMARTS) is 1. The van der Waals surface area contributed by atoms with Crippen LogP contribution < -0.4 is 0 Å². The molecule has 20 heavy (non-hydrogen) atoms. The Bertz CT molecular complexity index is 497. The third-order valence-corrected chi connectivity index (χ3v) is 3.92. The van der Waals surface area contributed by atoms with Crippen molar-refractivity contribution in [3.05, 3.63) is 34.6 Å². The van der Waals surface area contributed by atoms with Crippen molar-refractivity contribution in [3.63, 3.8) is 0 Å². The van der Waals surface area contributed by atoms with E-state index in [1.807, 2.05) is 6.92 Å². The monoisotopic (exact) mass is 301 g/mol. The highest BCUT2D eigenvalue weighted by molar-refractivity contribution is 6.31. The van der Waals surface area contributed by atoms with E-state index in [1.165, 1.54) is 12.1 Å². The number of aliphatic carboxylic acids is 1. The third-order valence-electron chi connectivity index (χ3n) is 3.59. The summed E-state index contributed by atoms with van der Waals surface area (Å²) in [6, 6.07) is 4.01. The van der Waals surface area contributed by atoms with Gasteiger partial charge in [0.1, 0.15) is 5.82 Å². The normalized spacial score (nSPS) is 21.6. The lowest BCUT2D eigenvalue weighted by Crippen LogP contribution is -2.47. The highest BCUT2D eigenvalue weighted by Crippen LogP contribution is 2.31. The second-order valence-electron chi connectivity index (χ2n) is 4.91. The molecule has 2 atom stereocenters. The predicted molar refractivity (Wildman–Crippen MR) is 73.4 cm³/mol. The van der Waals surface area contributed by atoms with Gasteiger partial charge in [-0.2, -0.15) is 0 Å². The van der Waals surface area contributed by atoms with E-state index in [0.29, 0.717) is 24.8 Å². The first kappa shape index (κ1) is 15.2. The summed E-state index contributed by atoms with van der Waals surface area (Å²) < 4.78 is 18.5. The Morgan fingerprint density at radius 1 is 1.65 bits per heavy atom. The SMILES string of the molecule is CC(c1ccc(F)cc1Cl)N1CCOCC1CC(=O)O. The number of morpholine rings is 1. The van der Waals surface area contributed by atoms with Gasteiger partial charge >= 0.3 is 5.97 Å². The maximum atomic E-state index is 13.1. The zero-order chi connectivity index (χ0) is 14.7. The summed E-state index contributed by atoms with van der Waals surface area (Å²) in [7, 11) is 0. The average Bonchev–Trinajstić information content (AvgIpc) is 2.38. The van der Waals surface area contributed by atoms with Gasteiger partial charge < -0.3 is 9.84 Å². The van der Waals surface area contributed by atoms with Gasteiger partial charge in [0.05, 0.1) is 19.6 Å². The van der Waals surface area contributed by atoms with Crippen LogP contribution in [-0.4, -0.2) is 41.8 Å². The Balaban J connectivity index is 2.20. The lowest BCUT2D eigenvalue weighted by molar-refractivity contribution is -0.140. The number of ether oxygens (including phenoxy) is 1. The number of nitrogens with zero attached hydrogens (tertiary/aromatic N) is 1. The maximum absolute atomic E-state index is 13.1. The average molecular weight is 302 g/mol. The first-order valence-electron chi connectivity index (χ1n) is 6.49. The van der Waals surface area contributed by atoms with Crippen LogP contribution in [-0.2, 0) is 9.53 Å². The van der Waals surface area contributed by atoms with Crippen LogP contribution in [0.15, 0.2) is 18.2 Å². The van der Waals surface area contributed by atoms with E-state index in [-0.39, 0.29) is 24.3 Å². The summed E-state index contributed by atoms with van der Waals surface area (Å²) in [5.74, 6) is -1.24. The zero-order valence-electron chi connectivity index (χ0n) is 11.2. The third kappa shape index (κ3) is 3.48. The molecule has 0 radical (unpaired) electrons. The molecule has 110 valence electrons. The molecular weight excluding hydrogens is 285 g/mol. The fraction of sp³-hybridized carbons (Fsp3) is 0.500. The van der Waals surface area contributed by atoms with Crippen molar-refractivity contribution in [1.29, 1.82) is 0 Å². The van der Waals surface area contributed by atoms with E-state index in [9.17, 15) is 9.18 Å². The van der Waals surface area contributed by atoms with Crippen LogP contribution in [0.2, 0.25) is 5.02 Å². The summed E-state index contributed by atoms with van der Waals surface area (Å²) in [5.41, 5.74) is 0.797. The van der Waals surface area contributed by atoms with E-state index in [2.05, 4.69) is 4.90 Å². The minimum absolute atomic E-state index is 0.0170. The molecule has 1 aromatic rings. The van der Waals surface area contributed by atoms with Crippen molar-refractivity contribution in [3.8, 4) is 0 Å². The van der Waals surface area contributed by atoms with Gasteiger partial charge in [0.15, 0.2) is 0 Å². The zero-order valence-corrected chi connectivity index (χ0v) is 11.9. The van der Waals surface area contributed by atoms with Crippen LogP contribution in [0.4, 0.5) is 4.39 Å². The van der Waals surface area contributed by atoms with Crippen molar-refractivity contribution in [2.75, 3.05) is 19.8 Å². The van der Waals surface area contributed by atoms with Crippen molar-refractivity contribution >= 4 is 17.6 Å². The van der Waals surface area contributed by atoms with E-state index >= 15 is 0 Å². The van der Waals surface area contributed by atoms with Gasteiger partial charge in [0.2, 0.25) is 0 Å². The van der Waals surface area contributed by atoms with Crippen LogP contribution in [0.3, 0.4) is 0 Å². The van der Waals surface area contributed by atoms with Crippen molar-refractivity contribution in [1.82, 2.24) is 4.90 Å². The Morgan fingerprint density at radius 2 is 2.40 bits per heavy atom. The molecule has 0 bridgehead atoms. The standard InChI is InChI=1S/C14H17ClFNO3/c1-9(12-3-2-10(16)6-13(12)15)17-4-5-20-8-11(17)7-14(18)19/h2-3,6,9,11H,4-5,7-8H2,1H3,(H,18,19). The molecule has 1 heterocycles. The summed E-state index contributed by atoms with van der Waals surface area (Å²) in [6.07, 6.45) is 0.0170. The number of carboxylic acids is 1. The molecule has 1 aliphatic heterocycles. The van der Waals surface area contributed by atoms with Gasteiger partial charge in [0.25, 0.3) is 0 Å². The minimum atomic E-state index is -0.858. The lowest BCUT2D eigenvalue weighted by Gasteiger charge is -2.39. The minimum Gasteiger partial charge on any atom is -0.481 e. The van der Waals surface area contributed by atoms with Crippen LogP contribution in [0.25, 0.3) is 0 Å². The first-order chi connectivity index (χ1) is 9.49. The molecule has 1 N–H and O–H groups in total. The molecule has 0 spiro atoms. The lowest BCUT2D eigenvalue weighted by atomic mass is 10.0. The van der Waals surface area contributed by atoms with Gasteiger partial charge in [-0.25, -0.2) is 4.39 Å². The molecule has 0 amide bonds. The Kier molecular flexibility index (Phi) is 4.96. The van der Waals surface area contributed by atoms with Crippen molar-refractivity contribution in [2.45, 2.75) is 25.4 Å². The number of benzene rings is 1. The van der Waals surface area contributed by atoms with E-state index in [4.69, 9.17) is 21.4 Å². The number of carbonyl (C=O) groups is 1. The molecule has 6 heteroatoms. The van der Waals surface area contributed by atoms with Gasteiger partial charge in [-0.15, -0.1) is 0 Å². The molecule has 1 fully saturated rings. The molecule has 4 nitrogen and oxygen atoms in total. The van der Waals surface area contributed by atoms with Crippen LogP contribution in [0.1, 0.15) is 24.9 Å². The molecule has 1 saturated heterocycles. The molecule has 2 unspecified atom stereocenters. The van der Waals surface area contributed by atoms with Crippen LogP contribution >= 0.6 is 11.6 Å². The number of halogens is 2. The number of hydrogen-bond donors (Lipinski definition) is 1. The summed E-state index contributed by atoms with van der Waals surface area (Å²) >= 11 is 6.08. The number of hydrogen-bond acceptors (Lipinski definition) is 3. The Hall–Kier alpha value is -1.17. The topological polar surface area (TPSA) is 49.8 Å². The van der Waals surface area contributed by atoms with E-state index in [1.54, 1.807) is 6.07 Å². The predicted octanol–water partition coefficient (Wildman–Crippen LogP) is 2.72. The van der Waals surface area contributed by atoms with Crippen molar-refractivity contribution < 1.29 is 19.0 Å². The van der Waals surface area contributed by atoms with Crippen LogP contribution in [0, 0.1) is 5.82 Å². The second-order valence-corrected chi connectivity index (χ2v) is 5.31. The fourth-order valence-corrected chi connectivity index (χ4v) is 2.90. The smallest absolute Gasteiger partial charge is 0.305 e. The quantitative estimate of drug-likeness (QED) is 0.929. The van der Waals surface area contributed by atoms with E-state index < -0.39 is 5.97 Å². The van der Waals surface area contributed by atoms with Gasteiger partial charge in [-0.3, -0.25) is 9.69 Å². The first-order valence-corrected chi connectivity index (χ1v) is 6.87. The molecular formula is C14H17ClFNO3. The van der Waals surface area contributed by atoms with E-state index in [0.717, 1.165) is 5.56 Å². The summed E-state index contributed by atoms with van der Waals surface area (Å²) in [6.45, 7) is 3.51. The highest BCUT2D eigenvalue weighted by Gasteiger charge is 2.30. The van der Waals surface area contributed by atoms with Gasteiger partial charge in [-0.05, 0) is 24.6 Å². The maximum Gasteiger partial charge on any atom is 0.305 e. The molecule has 2 rings (SSSR count). The summed E-state index contributed by atoms with van der Waals surface area (Å²) in [4.78, 5) is 13.0. The summed E-state index contributed by atoms with van der Waals surface area (Å²) in [5, 5.41) is 9.33. The Morgan fingerprint density at radius 3 is 3.05 bits per heavy atom. The fourth-order valence-electron chi connectivity index (χ4n) is 2.57.